The van der Waals surface area contributed by atoms with E-state index in [1.54, 1.807) is 7.11 Å². The number of rotatable bonds is 6. The summed E-state index contributed by atoms with van der Waals surface area (Å²) < 4.78 is 6.26. The maximum absolute atomic E-state index is 5.15. The van der Waals surface area contributed by atoms with Crippen molar-refractivity contribution in [3.63, 3.8) is 0 Å². The molecule has 0 aromatic heterocycles. The number of para-hydroxylation sites is 1. The molecule has 100 valence electrons. The minimum absolute atomic E-state index is 0.746. The molecular weight excluding hydrogens is 302 g/mol. The van der Waals surface area contributed by atoms with Crippen molar-refractivity contribution < 1.29 is 4.74 Å². The second kappa shape index (κ2) is 7.31. The summed E-state index contributed by atoms with van der Waals surface area (Å²) in [5.74, 6) is 0. The average Bonchev–Trinajstić information content (AvgIpc) is 2.44. The van der Waals surface area contributed by atoms with Crippen LogP contribution in [0.4, 0.5) is 5.69 Å². The molecule has 0 heterocycles. The van der Waals surface area contributed by atoms with E-state index in [4.69, 9.17) is 4.74 Å². The second-order valence-electron chi connectivity index (χ2n) is 4.38. The molecule has 0 fully saturated rings. The Morgan fingerprint density at radius 3 is 2.74 bits per heavy atom. The van der Waals surface area contributed by atoms with Gasteiger partial charge in [0.1, 0.15) is 0 Å². The van der Waals surface area contributed by atoms with Crippen LogP contribution in [0.15, 0.2) is 53.0 Å². The van der Waals surface area contributed by atoms with Gasteiger partial charge in [-0.3, -0.25) is 0 Å². The number of hydrogen-bond acceptors (Lipinski definition) is 2. The highest BCUT2D eigenvalue weighted by atomic mass is 79.9. The number of anilines is 1. The van der Waals surface area contributed by atoms with Gasteiger partial charge in [0.25, 0.3) is 0 Å². The number of hydrogen-bond donors (Lipinski definition) is 1. The molecule has 2 aromatic rings. The van der Waals surface area contributed by atoms with Crippen molar-refractivity contribution in [1.29, 1.82) is 0 Å². The van der Waals surface area contributed by atoms with Crippen LogP contribution in [0.5, 0.6) is 0 Å². The van der Waals surface area contributed by atoms with Crippen LogP contribution in [0.25, 0.3) is 0 Å². The molecule has 19 heavy (non-hydrogen) atoms. The summed E-state index contributed by atoms with van der Waals surface area (Å²) in [5, 5.41) is 3.49. The summed E-state index contributed by atoms with van der Waals surface area (Å²) in [6.45, 7) is 1.57. The first-order valence-corrected chi connectivity index (χ1v) is 7.14. The number of nitrogens with one attached hydrogen (secondary N) is 1. The summed E-state index contributed by atoms with van der Waals surface area (Å²) in [6.07, 6.45) is 0.929. The highest BCUT2D eigenvalue weighted by molar-refractivity contribution is 9.10. The molecule has 2 nitrogen and oxygen atoms in total. The van der Waals surface area contributed by atoms with Crippen LogP contribution in [-0.2, 0) is 17.7 Å². The third-order valence-electron chi connectivity index (χ3n) is 2.96. The first-order chi connectivity index (χ1) is 9.29. The summed E-state index contributed by atoms with van der Waals surface area (Å²) in [6, 6.07) is 16.7. The zero-order valence-corrected chi connectivity index (χ0v) is 12.6. The molecule has 0 aliphatic carbocycles. The quantitative estimate of drug-likeness (QED) is 0.859. The lowest BCUT2D eigenvalue weighted by Crippen LogP contribution is -2.04. The molecule has 0 atom stereocenters. The summed E-state index contributed by atoms with van der Waals surface area (Å²) in [7, 11) is 1.73. The van der Waals surface area contributed by atoms with E-state index in [1.165, 1.54) is 16.8 Å². The van der Waals surface area contributed by atoms with Gasteiger partial charge in [-0.15, -0.1) is 0 Å². The summed E-state index contributed by atoms with van der Waals surface area (Å²) in [4.78, 5) is 0. The predicted octanol–water partition coefficient (Wildman–Crippen LogP) is 4.25. The van der Waals surface area contributed by atoms with E-state index in [0.29, 0.717) is 0 Å². The molecule has 2 rings (SSSR count). The van der Waals surface area contributed by atoms with E-state index in [-0.39, 0.29) is 0 Å². The fourth-order valence-corrected chi connectivity index (χ4v) is 2.41. The first-order valence-electron chi connectivity index (χ1n) is 6.35. The Labute approximate surface area is 122 Å². The lowest BCUT2D eigenvalue weighted by molar-refractivity contribution is 0.202. The molecular formula is C16H18BrNO. The molecule has 0 saturated carbocycles. The largest absolute Gasteiger partial charge is 0.384 e. The number of halogens is 1. The van der Waals surface area contributed by atoms with Crippen molar-refractivity contribution in [2.24, 2.45) is 0 Å². The van der Waals surface area contributed by atoms with Crippen molar-refractivity contribution in [2.45, 2.75) is 13.0 Å². The molecule has 0 aliphatic heterocycles. The minimum atomic E-state index is 0.746. The number of benzene rings is 2. The molecule has 0 aliphatic rings. The van der Waals surface area contributed by atoms with Gasteiger partial charge in [-0.05, 0) is 35.7 Å². The lowest BCUT2D eigenvalue weighted by Gasteiger charge is -2.12. The predicted molar refractivity (Wildman–Crippen MR) is 83.5 cm³/mol. The molecule has 0 radical (unpaired) electrons. The third kappa shape index (κ3) is 4.37. The van der Waals surface area contributed by atoms with Crippen LogP contribution in [-0.4, -0.2) is 13.7 Å². The van der Waals surface area contributed by atoms with Gasteiger partial charge in [-0.25, -0.2) is 0 Å². The van der Waals surface area contributed by atoms with Crippen LogP contribution in [0.1, 0.15) is 11.1 Å². The van der Waals surface area contributed by atoms with Gasteiger partial charge >= 0.3 is 0 Å². The molecule has 0 saturated heterocycles. The van der Waals surface area contributed by atoms with Gasteiger partial charge in [0.05, 0.1) is 6.61 Å². The second-order valence-corrected chi connectivity index (χ2v) is 5.30. The van der Waals surface area contributed by atoms with Crippen LogP contribution in [0, 0.1) is 0 Å². The van der Waals surface area contributed by atoms with Crippen LogP contribution >= 0.6 is 15.9 Å². The Balaban J connectivity index is 2.02. The van der Waals surface area contributed by atoms with Crippen molar-refractivity contribution in [3.05, 3.63) is 64.1 Å². The van der Waals surface area contributed by atoms with Crippen molar-refractivity contribution >= 4 is 21.6 Å². The number of methoxy groups -OCH3 is 1. The Morgan fingerprint density at radius 1 is 1.11 bits per heavy atom. The first kappa shape index (κ1) is 14.1. The highest BCUT2D eigenvalue weighted by Crippen LogP contribution is 2.18. The Bertz CT molecular complexity index is 528. The van der Waals surface area contributed by atoms with Gasteiger partial charge in [0.2, 0.25) is 0 Å². The molecule has 0 spiro atoms. The topological polar surface area (TPSA) is 21.3 Å². The normalized spacial score (nSPS) is 10.4. The van der Waals surface area contributed by atoms with Crippen molar-refractivity contribution in [2.75, 3.05) is 19.0 Å². The van der Waals surface area contributed by atoms with E-state index in [1.807, 2.05) is 6.07 Å². The Morgan fingerprint density at radius 2 is 1.95 bits per heavy atom. The molecule has 2 aromatic carbocycles. The van der Waals surface area contributed by atoms with Crippen LogP contribution in [0.2, 0.25) is 0 Å². The van der Waals surface area contributed by atoms with Crippen molar-refractivity contribution in [3.8, 4) is 0 Å². The molecule has 0 unspecified atom stereocenters. The van der Waals surface area contributed by atoms with Gasteiger partial charge in [-0.1, -0.05) is 46.3 Å². The molecule has 1 N–H and O–H groups in total. The Hall–Kier alpha value is -1.32. The standard InChI is InChI=1S/C16H18BrNO/c1-19-10-9-14-6-2-3-8-16(14)18-12-13-5-4-7-15(17)11-13/h2-8,11,18H,9-10,12H2,1H3. The van der Waals surface area contributed by atoms with E-state index < -0.39 is 0 Å². The van der Waals surface area contributed by atoms with Crippen LogP contribution < -0.4 is 5.32 Å². The molecule has 0 bridgehead atoms. The van der Waals surface area contributed by atoms with E-state index >= 15 is 0 Å². The van der Waals surface area contributed by atoms with E-state index in [2.05, 4.69) is 63.7 Å². The maximum Gasteiger partial charge on any atom is 0.0503 e. The van der Waals surface area contributed by atoms with Gasteiger partial charge < -0.3 is 10.1 Å². The fraction of sp³-hybridized carbons (Fsp3) is 0.250. The average molecular weight is 320 g/mol. The highest BCUT2D eigenvalue weighted by Gasteiger charge is 2.01. The van der Waals surface area contributed by atoms with E-state index in [9.17, 15) is 0 Å². The minimum Gasteiger partial charge on any atom is -0.384 e. The van der Waals surface area contributed by atoms with Crippen LogP contribution in [0.3, 0.4) is 0 Å². The molecule has 0 amide bonds. The lowest BCUT2D eigenvalue weighted by atomic mass is 10.1. The van der Waals surface area contributed by atoms with Crippen molar-refractivity contribution in [1.82, 2.24) is 0 Å². The number of ether oxygens (including phenoxy) is 1. The third-order valence-corrected chi connectivity index (χ3v) is 3.46. The Kier molecular flexibility index (Phi) is 5.43. The van der Waals surface area contributed by atoms with Gasteiger partial charge in [0, 0.05) is 23.8 Å². The zero-order chi connectivity index (χ0) is 13.5. The monoisotopic (exact) mass is 319 g/mol. The summed E-state index contributed by atoms with van der Waals surface area (Å²) in [5.41, 5.74) is 3.73. The van der Waals surface area contributed by atoms with E-state index in [0.717, 1.165) is 24.0 Å². The van der Waals surface area contributed by atoms with Gasteiger partial charge in [-0.2, -0.15) is 0 Å². The van der Waals surface area contributed by atoms with Gasteiger partial charge in [0.15, 0.2) is 0 Å². The zero-order valence-electron chi connectivity index (χ0n) is 11.0. The summed E-state index contributed by atoms with van der Waals surface area (Å²) >= 11 is 3.49. The molecule has 3 heteroatoms. The SMILES string of the molecule is COCCc1ccccc1NCc1cccc(Br)c1. The smallest absolute Gasteiger partial charge is 0.0503 e. The maximum atomic E-state index is 5.15. The fourth-order valence-electron chi connectivity index (χ4n) is 1.97.